The Balaban J connectivity index is 0.00000147. The van der Waals surface area contributed by atoms with E-state index in [-0.39, 0.29) is 17.0 Å². The molecule has 0 amide bonds. The molecule has 0 aliphatic carbocycles. The lowest BCUT2D eigenvalue weighted by Gasteiger charge is -2.09. The van der Waals surface area contributed by atoms with Crippen LogP contribution >= 0.6 is 0 Å². The fourth-order valence-corrected chi connectivity index (χ4v) is 2.53. The molecule has 2 aromatic rings. The second kappa shape index (κ2) is 5.67. The first-order valence-corrected chi connectivity index (χ1v) is 6.33. The molecule has 3 rings (SSSR count). The zero-order chi connectivity index (χ0) is 13.4. The van der Waals surface area contributed by atoms with Crippen LogP contribution in [0.2, 0.25) is 0 Å². The van der Waals surface area contributed by atoms with Crippen LogP contribution in [0.5, 0.6) is 5.75 Å². The van der Waals surface area contributed by atoms with Crippen molar-refractivity contribution in [3.63, 3.8) is 0 Å². The molecule has 1 aliphatic rings. The highest BCUT2D eigenvalue weighted by molar-refractivity contribution is 5.97. The number of hydrogen-bond donors (Lipinski definition) is 1. The first-order valence-electron chi connectivity index (χ1n) is 6.33. The minimum atomic E-state index is 0. The molecule has 0 fully saturated rings. The summed E-state index contributed by atoms with van der Waals surface area (Å²) in [5.41, 5.74) is 10.9. The van der Waals surface area contributed by atoms with Crippen molar-refractivity contribution >= 4 is 11.5 Å². The summed E-state index contributed by atoms with van der Waals surface area (Å²) in [7, 11) is 1.69. The van der Waals surface area contributed by atoms with E-state index in [9.17, 15) is 0 Å². The molecule has 0 radical (unpaired) electrons. The lowest BCUT2D eigenvalue weighted by Crippen LogP contribution is -3.00. The van der Waals surface area contributed by atoms with Gasteiger partial charge in [-0.15, -0.1) is 0 Å². The second-order valence-corrected chi connectivity index (χ2v) is 4.80. The number of fused-ring (bicyclic) bond motifs is 1. The van der Waals surface area contributed by atoms with E-state index in [1.54, 1.807) is 7.11 Å². The van der Waals surface area contributed by atoms with Crippen LogP contribution in [0.1, 0.15) is 16.7 Å². The highest BCUT2D eigenvalue weighted by atomic mass is 79.9. The minimum Gasteiger partial charge on any atom is -1.00 e. The van der Waals surface area contributed by atoms with Crippen LogP contribution in [0.4, 0.5) is 5.69 Å². The summed E-state index contributed by atoms with van der Waals surface area (Å²) in [4.78, 5) is 0. The molecule has 0 saturated heterocycles. The highest BCUT2D eigenvalue weighted by Gasteiger charge is 2.27. The molecule has 4 heteroatoms. The molecule has 0 spiro atoms. The maximum absolute atomic E-state index is 6.28. The van der Waals surface area contributed by atoms with Crippen LogP contribution in [-0.4, -0.2) is 17.5 Å². The van der Waals surface area contributed by atoms with E-state index in [0.717, 1.165) is 29.4 Å². The number of amidine groups is 1. The van der Waals surface area contributed by atoms with E-state index in [4.69, 9.17) is 10.5 Å². The third-order valence-electron chi connectivity index (χ3n) is 3.54. The maximum atomic E-state index is 6.28. The third-order valence-corrected chi connectivity index (χ3v) is 3.54. The Morgan fingerprint density at radius 3 is 2.60 bits per heavy atom. The van der Waals surface area contributed by atoms with Gasteiger partial charge in [-0.3, -0.25) is 5.73 Å². The fraction of sp³-hybridized carbons (Fsp3) is 0.188. The molecule has 0 aromatic heterocycles. The predicted octanol–water partition coefficient (Wildman–Crippen LogP) is -0.429. The van der Waals surface area contributed by atoms with Crippen LogP contribution in [0.25, 0.3) is 0 Å². The van der Waals surface area contributed by atoms with Gasteiger partial charge in [0.05, 0.1) is 12.7 Å². The number of nitrogens with zero attached hydrogens (tertiary/aromatic N) is 1. The van der Waals surface area contributed by atoms with Crippen molar-refractivity contribution in [3.8, 4) is 5.75 Å². The monoisotopic (exact) mass is 332 g/mol. The molecular formula is C16H17BrN2O. The fourth-order valence-electron chi connectivity index (χ4n) is 2.53. The first-order chi connectivity index (χ1) is 9.20. The predicted molar refractivity (Wildman–Crippen MR) is 76.1 cm³/mol. The Morgan fingerprint density at radius 1 is 1.15 bits per heavy atom. The standard InChI is InChI=1S/C16H16N2O.BrH/c1-11-7-8-15(19-2)14(9-11)18-10-12-5-3-4-6-13(12)16(18)17;/h3-9,17H,10H2,1-2H3;1H. The van der Waals surface area contributed by atoms with Crippen molar-refractivity contribution in [1.29, 1.82) is 0 Å². The first kappa shape index (κ1) is 14.6. The van der Waals surface area contributed by atoms with Crippen LogP contribution in [-0.2, 0) is 6.54 Å². The average molecular weight is 333 g/mol. The maximum Gasteiger partial charge on any atom is 0.280 e. The number of ether oxygens (including phenoxy) is 1. The molecule has 3 nitrogen and oxygen atoms in total. The normalized spacial score (nSPS) is 12.9. The van der Waals surface area contributed by atoms with Crippen molar-refractivity contribution in [2.24, 2.45) is 5.73 Å². The number of aryl methyl sites for hydroxylation is 1. The van der Waals surface area contributed by atoms with E-state index in [0.29, 0.717) is 0 Å². The van der Waals surface area contributed by atoms with Crippen LogP contribution in [0.3, 0.4) is 0 Å². The topological polar surface area (TPSA) is 38.3 Å². The van der Waals surface area contributed by atoms with E-state index in [1.807, 2.05) is 24.3 Å². The summed E-state index contributed by atoms with van der Waals surface area (Å²) in [5.74, 6) is 1.64. The Morgan fingerprint density at radius 2 is 1.90 bits per heavy atom. The highest BCUT2D eigenvalue weighted by Crippen LogP contribution is 2.32. The van der Waals surface area contributed by atoms with Gasteiger partial charge in [-0.1, -0.05) is 24.3 Å². The molecule has 1 heterocycles. The Hall–Kier alpha value is -1.81. The van der Waals surface area contributed by atoms with Gasteiger partial charge >= 0.3 is 0 Å². The summed E-state index contributed by atoms with van der Waals surface area (Å²) in [6.45, 7) is 2.87. The molecule has 104 valence electrons. The van der Waals surface area contributed by atoms with Gasteiger partial charge in [0, 0.05) is 5.56 Å². The van der Waals surface area contributed by atoms with Gasteiger partial charge in [0.15, 0.2) is 11.4 Å². The lowest BCUT2D eigenvalue weighted by atomic mass is 10.1. The minimum absolute atomic E-state index is 0. The molecule has 0 bridgehead atoms. The average Bonchev–Trinajstić information content (AvgIpc) is 2.76. The smallest absolute Gasteiger partial charge is 0.280 e. The third kappa shape index (κ3) is 2.31. The number of hydrogen-bond acceptors (Lipinski definition) is 2. The van der Waals surface area contributed by atoms with Crippen molar-refractivity contribution < 1.29 is 26.3 Å². The zero-order valence-electron chi connectivity index (χ0n) is 11.6. The summed E-state index contributed by atoms with van der Waals surface area (Å²) in [5, 5.41) is 0. The van der Waals surface area contributed by atoms with Gasteiger partial charge in [-0.2, -0.15) is 0 Å². The van der Waals surface area contributed by atoms with Gasteiger partial charge in [-0.05, 0) is 30.7 Å². The molecule has 0 unspecified atom stereocenters. The van der Waals surface area contributed by atoms with Crippen LogP contribution in [0.15, 0.2) is 42.5 Å². The SMILES string of the molecule is COc1ccc(C)cc1[N+]1=C(N)c2ccccc2C1.[Br-]. The van der Waals surface area contributed by atoms with Gasteiger partial charge in [0.1, 0.15) is 6.54 Å². The molecule has 1 aliphatic heterocycles. The summed E-state index contributed by atoms with van der Waals surface area (Å²) < 4.78 is 7.56. The quantitative estimate of drug-likeness (QED) is 0.758. The number of halogens is 1. The van der Waals surface area contributed by atoms with Crippen molar-refractivity contribution in [2.45, 2.75) is 13.5 Å². The summed E-state index contributed by atoms with van der Waals surface area (Å²) >= 11 is 0. The number of nitrogens with two attached hydrogens (primary N) is 1. The van der Waals surface area contributed by atoms with Crippen molar-refractivity contribution in [1.82, 2.24) is 0 Å². The van der Waals surface area contributed by atoms with Gasteiger partial charge in [0.25, 0.3) is 5.84 Å². The molecule has 2 N–H and O–H groups in total. The van der Waals surface area contributed by atoms with Crippen LogP contribution < -0.4 is 27.5 Å². The van der Waals surface area contributed by atoms with Crippen molar-refractivity contribution in [2.75, 3.05) is 7.11 Å². The zero-order valence-corrected chi connectivity index (χ0v) is 13.1. The van der Waals surface area contributed by atoms with Crippen molar-refractivity contribution in [3.05, 3.63) is 59.2 Å². The van der Waals surface area contributed by atoms with Gasteiger partial charge in [0.2, 0.25) is 0 Å². The summed E-state index contributed by atoms with van der Waals surface area (Å²) in [6.07, 6.45) is 0. The van der Waals surface area contributed by atoms with E-state index in [2.05, 4.69) is 29.7 Å². The molecule has 0 saturated carbocycles. The Bertz CT molecular complexity index is 680. The van der Waals surface area contributed by atoms with Gasteiger partial charge in [-0.25, -0.2) is 4.58 Å². The molecular weight excluding hydrogens is 316 g/mol. The second-order valence-electron chi connectivity index (χ2n) is 4.80. The largest absolute Gasteiger partial charge is 1.00 e. The lowest BCUT2D eigenvalue weighted by molar-refractivity contribution is -0.453. The van der Waals surface area contributed by atoms with E-state index < -0.39 is 0 Å². The number of rotatable bonds is 2. The molecule has 20 heavy (non-hydrogen) atoms. The van der Waals surface area contributed by atoms with E-state index in [1.165, 1.54) is 11.1 Å². The Kier molecular flexibility index (Phi) is 4.14. The molecule has 0 atom stereocenters. The summed E-state index contributed by atoms with van der Waals surface area (Å²) in [6, 6.07) is 14.4. The Labute approximate surface area is 129 Å². The number of methoxy groups -OCH3 is 1. The molecule has 2 aromatic carbocycles. The van der Waals surface area contributed by atoms with Crippen LogP contribution in [0, 0.1) is 6.92 Å². The number of benzene rings is 2. The van der Waals surface area contributed by atoms with Gasteiger partial charge < -0.3 is 21.7 Å². The van der Waals surface area contributed by atoms with E-state index >= 15 is 0 Å².